The van der Waals surface area contributed by atoms with Gasteiger partial charge in [-0.2, -0.15) is 0 Å². The molecule has 0 saturated heterocycles. The third kappa shape index (κ3) is 12.0. The topological polar surface area (TPSA) is 191 Å². The fourth-order valence-corrected chi connectivity index (χ4v) is 10.2. The number of carbonyl (C=O) groups excluding carboxylic acids is 2. The molecule has 0 saturated carbocycles. The second-order valence-corrected chi connectivity index (χ2v) is 18.4. The number of carbonyl (C=O) groups is 2. The largest absolute Gasteiger partial charge is 0.493 e. The minimum atomic E-state index is -0.636. The number of esters is 2. The van der Waals surface area contributed by atoms with Gasteiger partial charge >= 0.3 is 11.9 Å². The lowest BCUT2D eigenvalue weighted by Crippen LogP contribution is -2.52. The molecule has 2 aliphatic heterocycles. The van der Waals surface area contributed by atoms with Crippen molar-refractivity contribution in [2.75, 3.05) is 81.9 Å². The summed E-state index contributed by atoms with van der Waals surface area (Å²) in [7, 11) is 10.8. The number of hydrogen-bond acceptors (Lipinski definition) is 13. The number of rotatable bonds is 23. The Morgan fingerprint density at radius 1 is 0.618 bits per heavy atom. The van der Waals surface area contributed by atoms with E-state index < -0.39 is 11.9 Å². The molecular formula is C53H70N2O13+2. The van der Waals surface area contributed by atoms with Crippen LogP contribution in [0.15, 0.2) is 60.7 Å². The number of quaternary nitrogens is 2. The summed E-state index contributed by atoms with van der Waals surface area (Å²) in [5, 5.41) is 50.0. The summed E-state index contributed by atoms with van der Waals surface area (Å²) < 4.78 is 35.3. The number of likely N-dealkylation sites (N-methyl/N-ethyl adjacent to an activating group) is 2. The average molecular weight is 943 g/mol. The van der Waals surface area contributed by atoms with E-state index in [2.05, 4.69) is 20.2 Å². The van der Waals surface area contributed by atoms with E-state index in [0.29, 0.717) is 92.0 Å². The van der Waals surface area contributed by atoms with Crippen LogP contribution in [0.5, 0.6) is 23.0 Å². The highest BCUT2D eigenvalue weighted by Crippen LogP contribution is 2.43. The van der Waals surface area contributed by atoms with Gasteiger partial charge in [-0.25, -0.2) is 9.59 Å². The predicted molar refractivity (Wildman–Crippen MR) is 254 cm³/mol. The number of aliphatic hydroxyl groups is 5. The highest BCUT2D eigenvalue weighted by molar-refractivity contribution is 5.91. The number of ether oxygens (including phenoxy) is 6. The first-order chi connectivity index (χ1) is 32.8. The normalized spacial score (nSPS) is 18.7. The van der Waals surface area contributed by atoms with Crippen LogP contribution in [0.3, 0.4) is 0 Å². The summed E-state index contributed by atoms with van der Waals surface area (Å²) in [6.45, 7) is 3.22. The van der Waals surface area contributed by atoms with Crippen molar-refractivity contribution in [1.29, 1.82) is 0 Å². The van der Waals surface area contributed by atoms with Crippen LogP contribution in [0.4, 0.5) is 0 Å². The number of hydrogen-bond donors (Lipinski definition) is 5. The van der Waals surface area contributed by atoms with Crippen molar-refractivity contribution in [2.45, 2.75) is 84.1 Å². The van der Waals surface area contributed by atoms with Crippen LogP contribution in [0, 0.1) is 0 Å². The Bertz CT molecular complexity index is 2410. The van der Waals surface area contributed by atoms with Crippen molar-refractivity contribution in [3.05, 3.63) is 127 Å². The van der Waals surface area contributed by atoms with Crippen LogP contribution in [-0.2, 0) is 84.3 Å². The first kappa shape index (κ1) is 51.9. The molecule has 0 aliphatic carbocycles. The molecule has 6 rings (SSSR count). The van der Waals surface area contributed by atoms with E-state index in [-0.39, 0.29) is 52.3 Å². The van der Waals surface area contributed by atoms with Crippen molar-refractivity contribution in [3.63, 3.8) is 0 Å². The van der Waals surface area contributed by atoms with Crippen LogP contribution < -0.4 is 18.9 Å². The molecule has 4 aromatic rings. The first-order valence-electron chi connectivity index (χ1n) is 23.3. The molecule has 0 spiro atoms. The zero-order chi connectivity index (χ0) is 49.0. The Morgan fingerprint density at radius 3 is 1.81 bits per heavy atom. The van der Waals surface area contributed by atoms with E-state index in [1.165, 1.54) is 11.1 Å². The lowest BCUT2D eigenvalue weighted by Gasteiger charge is -2.46. The second kappa shape index (κ2) is 23.7. The first-order valence-corrected chi connectivity index (χ1v) is 23.3. The Balaban J connectivity index is 1.02. The molecule has 0 aromatic heterocycles. The number of benzene rings is 4. The standard InChI is InChI=1S/C53H70N2O13/c1-54(17-13-38-28-49(64-4)53(66-6)45(46(38)29-54)23-36-22-43(34-60)52(65-5)48(25-36)63-3)15-7-19-67-50(61)11-12-51(62)68-20-8-16-55(2)18-14-37-26-41(32-58)42(33-59)27-44(37)47(55)24-35-9-10-39(30-56)40(21-35)31-57/h9-12,21-22,25-28,47,56-60H,7-8,13-20,23-24,29-34H2,1-6H3/q+2/b12-11-. The van der Waals surface area contributed by atoms with E-state index in [9.17, 15) is 35.1 Å². The van der Waals surface area contributed by atoms with Gasteiger partial charge in [-0.3, -0.25) is 0 Å². The monoisotopic (exact) mass is 942 g/mol. The summed E-state index contributed by atoms with van der Waals surface area (Å²) in [5.41, 5.74) is 10.8. The second-order valence-electron chi connectivity index (χ2n) is 18.4. The molecule has 3 atom stereocenters. The number of aliphatic hydroxyl groups excluding tert-OH is 5. The molecule has 3 unspecified atom stereocenters. The molecule has 0 radical (unpaired) electrons. The average Bonchev–Trinajstić information content (AvgIpc) is 3.35. The van der Waals surface area contributed by atoms with Gasteiger partial charge in [0.15, 0.2) is 23.0 Å². The molecule has 368 valence electrons. The summed E-state index contributed by atoms with van der Waals surface area (Å²) >= 11 is 0. The molecule has 68 heavy (non-hydrogen) atoms. The molecule has 5 N–H and O–H groups in total. The molecule has 2 aliphatic rings. The molecule has 15 heteroatoms. The predicted octanol–water partition coefficient (Wildman–Crippen LogP) is 4.69. The van der Waals surface area contributed by atoms with Crippen molar-refractivity contribution in [2.24, 2.45) is 0 Å². The van der Waals surface area contributed by atoms with Gasteiger partial charge < -0.3 is 62.9 Å². The third-order valence-corrected chi connectivity index (χ3v) is 14.0. The van der Waals surface area contributed by atoms with Gasteiger partial charge in [0, 0.05) is 72.9 Å². The summed E-state index contributed by atoms with van der Waals surface area (Å²) in [6.07, 6.45) is 6.09. The quantitative estimate of drug-likeness (QED) is 0.0299. The van der Waals surface area contributed by atoms with Crippen LogP contribution in [0.25, 0.3) is 0 Å². The molecule has 0 fully saturated rings. The molecule has 0 amide bonds. The number of methoxy groups -OCH3 is 4. The minimum absolute atomic E-state index is 0.0362. The zero-order valence-corrected chi connectivity index (χ0v) is 40.5. The Kier molecular flexibility index (Phi) is 18.0. The summed E-state index contributed by atoms with van der Waals surface area (Å²) in [5.74, 6) is 1.08. The van der Waals surface area contributed by atoms with Gasteiger partial charge in [0.25, 0.3) is 0 Å². The molecule has 2 heterocycles. The molecule has 4 aromatic carbocycles. The summed E-state index contributed by atoms with van der Waals surface area (Å²) in [6, 6.07) is 15.6. The molecular weight excluding hydrogens is 873 g/mol. The van der Waals surface area contributed by atoms with Crippen molar-refractivity contribution < 1.29 is 72.5 Å². The van der Waals surface area contributed by atoms with Crippen molar-refractivity contribution in [3.8, 4) is 23.0 Å². The van der Waals surface area contributed by atoms with E-state index in [4.69, 9.17) is 28.4 Å². The van der Waals surface area contributed by atoms with Crippen molar-refractivity contribution in [1.82, 2.24) is 0 Å². The lowest BCUT2D eigenvalue weighted by atomic mass is 9.83. The molecule has 0 bridgehead atoms. The Morgan fingerprint density at radius 2 is 1.19 bits per heavy atom. The Labute approximate surface area is 399 Å². The summed E-state index contributed by atoms with van der Waals surface area (Å²) in [4.78, 5) is 25.5. The highest BCUT2D eigenvalue weighted by atomic mass is 16.5. The maximum atomic E-state index is 12.7. The SMILES string of the molecule is COc1cc(Cc2c3c(cc(OC)c2OC)CC[N+](C)(CCCOC(=O)/C=C\C(=O)OCCC[N+]2(C)CCc4cc(CO)c(CO)cc4C2Cc2ccc(CO)c(CO)c2)C3)cc(CO)c1OC. The third-order valence-electron chi connectivity index (χ3n) is 14.0. The van der Waals surface area contributed by atoms with Crippen LogP contribution in [-0.4, -0.2) is 128 Å². The fourth-order valence-electron chi connectivity index (χ4n) is 10.2. The van der Waals surface area contributed by atoms with E-state index in [1.807, 2.05) is 42.5 Å². The van der Waals surface area contributed by atoms with Gasteiger partial charge in [-0.1, -0.05) is 24.3 Å². The van der Waals surface area contributed by atoms with Crippen LogP contribution >= 0.6 is 0 Å². The highest BCUT2D eigenvalue weighted by Gasteiger charge is 2.40. The molecule has 15 nitrogen and oxygen atoms in total. The minimum Gasteiger partial charge on any atom is -0.493 e. The van der Waals surface area contributed by atoms with Gasteiger partial charge in [0.2, 0.25) is 0 Å². The Hall–Kier alpha value is -5.52. The number of fused-ring (bicyclic) bond motifs is 2. The van der Waals surface area contributed by atoms with Gasteiger partial charge in [-0.15, -0.1) is 0 Å². The van der Waals surface area contributed by atoms with Crippen molar-refractivity contribution >= 4 is 11.9 Å². The van der Waals surface area contributed by atoms with E-state index >= 15 is 0 Å². The maximum absolute atomic E-state index is 12.7. The van der Waals surface area contributed by atoms with Gasteiger partial charge in [0.1, 0.15) is 12.6 Å². The van der Waals surface area contributed by atoms with Crippen LogP contribution in [0.2, 0.25) is 0 Å². The number of nitrogens with zero attached hydrogens (tertiary/aromatic N) is 2. The fraction of sp³-hybridized carbons (Fsp3) is 0.472. The van der Waals surface area contributed by atoms with Gasteiger partial charge in [0.05, 0.1) is 115 Å². The van der Waals surface area contributed by atoms with E-state index in [1.54, 1.807) is 28.4 Å². The van der Waals surface area contributed by atoms with Crippen LogP contribution in [0.1, 0.15) is 85.6 Å². The van der Waals surface area contributed by atoms with E-state index in [0.717, 1.165) is 79.0 Å². The smallest absolute Gasteiger partial charge is 0.331 e. The van der Waals surface area contributed by atoms with Gasteiger partial charge in [-0.05, 0) is 68.8 Å². The maximum Gasteiger partial charge on any atom is 0.331 e. The lowest BCUT2D eigenvalue weighted by molar-refractivity contribution is -0.941. The zero-order valence-electron chi connectivity index (χ0n) is 40.5.